The highest BCUT2D eigenvalue weighted by Gasteiger charge is 2.52. The van der Waals surface area contributed by atoms with Crippen molar-refractivity contribution in [2.24, 2.45) is 5.92 Å². The molecule has 1 aliphatic heterocycles. The molecule has 0 amide bonds. The Hall–Kier alpha value is -4.52. The highest BCUT2D eigenvalue weighted by Crippen LogP contribution is 2.54. The summed E-state index contributed by atoms with van der Waals surface area (Å²) in [6, 6.07) is 59.4. The van der Waals surface area contributed by atoms with Crippen LogP contribution in [-0.2, 0) is 45.4 Å². The Bertz CT molecular complexity index is 2160. The van der Waals surface area contributed by atoms with E-state index in [-0.39, 0.29) is 11.6 Å². The lowest BCUT2D eigenvalue weighted by molar-refractivity contribution is -0.0483. The zero-order valence-corrected chi connectivity index (χ0v) is 35.6. The van der Waals surface area contributed by atoms with Gasteiger partial charge in [-0.15, -0.1) is 0 Å². The predicted octanol–water partition coefficient (Wildman–Crippen LogP) is 11.1. The maximum Gasteiger partial charge on any atom is 0.0415 e. The van der Waals surface area contributed by atoms with Crippen molar-refractivity contribution in [1.29, 1.82) is 0 Å². The van der Waals surface area contributed by atoms with Crippen LogP contribution in [0.4, 0.5) is 5.69 Å². The number of rotatable bonds is 12. The van der Waals surface area contributed by atoms with Gasteiger partial charge in [0.25, 0.3) is 0 Å². The van der Waals surface area contributed by atoms with Gasteiger partial charge >= 0.3 is 0 Å². The molecule has 6 aromatic rings. The molecule has 0 spiro atoms. The van der Waals surface area contributed by atoms with Crippen LogP contribution in [0.25, 0.3) is 0 Å². The number of piperazine rings is 1. The summed E-state index contributed by atoms with van der Waals surface area (Å²) >= 11 is 4.22. The third-order valence-corrected chi connectivity index (χ3v) is 14.2. The molecule has 6 aromatic carbocycles. The normalized spacial score (nSPS) is 20.9. The van der Waals surface area contributed by atoms with Crippen LogP contribution in [0.2, 0.25) is 0 Å². The van der Waals surface area contributed by atoms with E-state index in [1.165, 1.54) is 43.5 Å². The lowest BCUT2D eigenvalue weighted by Crippen LogP contribution is -2.60. The van der Waals surface area contributed by atoms with Crippen LogP contribution in [0, 0.1) is 5.92 Å². The fraction of sp³-hybridized carbons (Fsp3) is 0.321. The third-order valence-electron chi connectivity index (χ3n) is 13.6. The molecule has 0 radical (unpaired) electrons. The Morgan fingerprint density at radius 2 is 1.09 bits per heavy atom. The van der Waals surface area contributed by atoms with Crippen molar-refractivity contribution >= 4 is 21.6 Å². The molecule has 0 saturated carbocycles. The lowest BCUT2D eigenvalue weighted by atomic mass is 9.61. The van der Waals surface area contributed by atoms with E-state index in [0.29, 0.717) is 5.92 Å². The SMILES string of the molecule is CN1CCN(c2cccc3c2C[C@](C2CCc4cccc(Br)c4[C@@H]2N(Cc2ccccc2)Cc2ccccc2)(N(Cc2ccccc2)Cc2ccccc2)CC3)CC1. The fourth-order valence-corrected chi connectivity index (χ4v) is 11.3. The minimum atomic E-state index is -0.134. The minimum Gasteiger partial charge on any atom is -0.369 e. The van der Waals surface area contributed by atoms with E-state index in [2.05, 4.69) is 200 Å². The standard InChI is InChI=1S/C53H57BrN4/c1-55-32-34-56(35-33-55)50-27-15-24-45-30-31-53(36-47(45)50,58(39-43-20-10-4-11-21-43)40-44-22-12-5-13-23-44)48-29-28-46-25-14-26-49(54)51(46)52(48)57(37-41-16-6-2-7-17-41)38-42-18-8-3-9-19-42/h2-27,48,52H,28-40H2,1H3/t48?,52-,53-/m1/s1. The van der Waals surface area contributed by atoms with E-state index in [0.717, 1.165) is 84.5 Å². The van der Waals surface area contributed by atoms with Crippen molar-refractivity contribution in [2.75, 3.05) is 38.1 Å². The number of halogens is 1. The summed E-state index contributed by atoms with van der Waals surface area (Å²) in [5.41, 5.74) is 12.9. The summed E-state index contributed by atoms with van der Waals surface area (Å²) in [5.74, 6) is 0.354. The van der Waals surface area contributed by atoms with Gasteiger partial charge in [0.15, 0.2) is 0 Å². The van der Waals surface area contributed by atoms with E-state index in [4.69, 9.17) is 0 Å². The average Bonchev–Trinajstić information content (AvgIpc) is 3.27. The van der Waals surface area contributed by atoms with E-state index in [1.54, 1.807) is 11.1 Å². The van der Waals surface area contributed by atoms with Gasteiger partial charge in [0.1, 0.15) is 0 Å². The summed E-state index contributed by atoms with van der Waals surface area (Å²) in [7, 11) is 2.27. The van der Waals surface area contributed by atoms with E-state index >= 15 is 0 Å². The van der Waals surface area contributed by atoms with Crippen LogP contribution < -0.4 is 4.90 Å². The lowest BCUT2D eigenvalue weighted by Gasteiger charge is -2.57. The molecule has 4 nitrogen and oxygen atoms in total. The monoisotopic (exact) mass is 828 g/mol. The molecule has 0 N–H and O–H groups in total. The summed E-state index contributed by atoms with van der Waals surface area (Å²) in [6.45, 7) is 7.94. The molecule has 1 fully saturated rings. The van der Waals surface area contributed by atoms with Crippen LogP contribution >= 0.6 is 15.9 Å². The predicted molar refractivity (Wildman–Crippen MR) is 244 cm³/mol. The molecule has 3 atom stereocenters. The number of hydrogen-bond acceptors (Lipinski definition) is 4. The molecule has 9 rings (SSSR count). The van der Waals surface area contributed by atoms with Crippen LogP contribution in [0.1, 0.15) is 63.4 Å². The largest absolute Gasteiger partial charge is 0.369 e. The maximum atomic E-state index is 4.22. The molecule has 2 aliphatic carbocycles. The first-order chi connectivity index (χ1) is 28.5. The second-order valence-electron chi connectivity index (χ2n) is 17.1. The zero-order valence-electron chi connectivity index (χ0n) is 34.0. The molecule has 296 valence electrons. The van der Waals surface area contributed by atoms with E-state index in [1.807, 2.05) is 0 Å². The number of likely N-dealkylation sites (N-methyl/N-ethyl adjacent to an activating group) is 1. The van der Waals surface area contributed by atoms with Gasteiger partial charge in [-0.05, 0) is 102 Å². The molecule has 0 bridgehead atoms. The topological polar surface area (TPSA) is 13.0 Å². The third kappa shape index (κ3) is 8.33. The van der Waals surface area contributed by atoms with Gasteiger partial charge < -0.3 is 9.80 Å². The quantitative estimate of drug-likeness (QED) is 0.122. The van der Waals surface area contributed by atoms with Crippen molar-refractivity contribution < 1.29 is 0 Å². The van der Waals surface area contributed by atoms with Crippen molar-refractivity contribution in [1.82, 2.24) is 14.7 Å². The molecule has 1 unspecified atom stereocenters. The van der Waals surface area contributed by atoms with Gasteiger partial charge in [0.05, 0.1) is 0 Å². The van der Waals surface area contributed by atoms with Gasteiger partial charge in [0.2, 0.25) is 0 Å². The highest BCUT2D eigenvalue weighted by atomic mass is 79.9. The smallest absolute Gasteiger partial charge is 0.0415 e. The second-order valence-corrected chi connectivity index (χ2v) is 17.9. The summed E-state index contributed by atoms with van der Waals surface area (Å²) in [5, 5.41) is 0. The molecule has 5 heteroatoms. The van der Waals surface area contributed by atoms with E-state index in [9.17, 15) is 0 Å². The molecule has 1 heterocycles. The molecule has 3 aliphatic rings. The first kappa shape index (κ1) is 39.0. The zero-order chi connectivity index (χ0) is 39.3. The van der Waals surface area contributed by atoms with Gasteiger partial charge in [-0.3, -0.25) is 9.80 Å². The summed E-state index contributed by atoms with van der Waals surface area (Å²) < 4.78 is 1.24. The average molecular weight is 830 g/mol. The number of benzene rings is 6. The molecular weight excluding hydrogens is 773 g/mol. The number of hydrogen-bond donors (Lipinski definition) is 0. The molecule has 1 saturated heterocycles. The Morgan fingerprint density at radius 3 is 1.66 bits per heavy atom. The first-order valence-corrected chi connectivity index (χ1v) is 22.3. The number of anilines is 1. The van der Waals surface area contributed by atoms with Crippen molar-refractivity contribution in [3.8, 4) is 0 Å². The molecular formula is C53H57BrN4. The number of aryl methyl sites for hydroxylation is 2. The van der Waals surface area contributed by atoms with Crippen molar-refractivity contribution in [3.05, 3.63) is 207 Å². The second kappa shape index (κ2) is 17.8. The Morgan fingerprint density at radius 1 is 0.569 bits per heavy atom. The summed E-state index contributed by atoms with van der Waals surface area (Å²) in [6.07, 6.45) is 5.47. The van der Waals surface area contributed by atoms with Crippen molar-refractivity contribution in [3.63, 3.8) is 0 Å². The Labute approximate surface area is 355 Å². The van der Waals surface area contributed by atoms with Crippen LogP contribution in [0.15, 0.2) is 162 Å². The van der Waals surface area contributed by atoms with Gasteiger partial charge in [-0.2, -0.15) is 0 Å². The highest BCUT2D eigenvalue weighted by molar-refractivity contribution is 9.10. The van der Waals surface area contributed by atoms with Gasteiger partial charge in [-0.25, -0.2) is 0 Å². The number of nitrogens with zero attached hydrogens (tertiary/aromatic N) is 4. The molecule has 58 heavy (non-hydrogen) atoms. The van der Waals surface area contributed by atoms with E-state index < -0.39 is 0 Å². The Balaban J connectivity index is 1.25. The number of fused-ring (bicyclic) bond motifs is 2. The minimum absolute atomic E-state index is 0.134. The van der Waals surface area contributed by atoms with Crippen LogP contribution in [0.3, 0.4) is 0 Å². The summed E-state index contributed by atoms with van der Waals surface area (Å²) in [4.78, 5) is 11.0. The fourth-order valence-electron chi connectivity index (χ4n) is 10.6. The van der Waals surface area contributed by atoms with Crippen LogP contribution in [-0.4, -0.2) is 53.5 Å². The van der Waals surface area contributed by atoms with Crippen LogP contribution in [0.5, 0.6) is 0 Å². The molecule has 0 aromatic heterocycles. The Kier molecular flexibility index (Phi) is 11.9. The van der Waals surface area contributed by atoms with Gasteiger partial charge in [0, 0.05) is 74.1 Å². The van der Waals surface area contributed by atoms with Crippen molar-refractivity contribution in [2.45, 2.75) is 69.9 Å². The van der Waals surface area contributed by atoms with Gasteiger partial charge in [-0.1, -0.05) is 162 Å². The maximum absolute atomic E-state index is 4.22. The first-order valence-electron chi connectivity index (χ1n) is 21.5.